The first-order chi connectivity index (χ1) is 14.6. The fourth-order valence-corrected chi connectivity index (χ4v) is 4.41. The van der Waals surface area contributed by atoms with Gasteiger partial charge in [-0.2, -0.15) is 5.10 Å². The van der Waals surface area contributed by atoms with Crippen LogP contribution in [0, 0.1) is 0 Å². The molecule has 1 saturated heterocycles. The molecule has 1 fully saturated rings. The molecular weight excluding hydrogens is 472 g/mol. The molecule has 0 radical (unpaired) electrons. The van der Waals surface area contributed by atoms with E-state index in [4.69, 9.17) is 9.47 Å². The number of rotatable bonds is 4. The predicted molar refractivity (Wildman–Crippen MR) is 112 cm³/mol. The van der Waals surface area contributed by atoms with Gasteiger partial charge in [-0.05, 0) is 42.5 Å². The molecule has 3 heterocycles. The molecular formula is C20H13BrN4O4S. The topological polar surface area (TPSA) is 94.5 Å². The third-order valence-electron chi connectivity index (χ3n) is 4.65. The third kappa shape index (κ3) is 3.52. The fourth-order valence-electron chi connectivity index (χ4n) is 3.22. The maximum Gasteiger partial charge on any atom is 0.247 e. The molecule has 0 spiro atoms. The molecule has 2 aliphatic heterocycles. The number of hydrogen-bond donors (Lipinski definition) is 0. The van der Waals surface area contributed by atoms with E-state index in [-0.39, 0.29) is 25.0 Å². The second-order valence-corrected chi connectivity index (χ2v) is 8.63. The maximum absolute atomic E-state index is 12.9. The van der Waals surface area contributed by atoms with Crippen LogP contribution < -0.4 is 14.4 Å². The van der Waals surface area contributed by atoms with Gasteiger partial charge in [-0.3, -0.25) is 9.59 Å². The summed E-state index contributed by atoms with van der Waals surface area (Å²) in [6.45, 7) is 0.189. The quantitative estimate of drug-likeness (QED) is 0.519. The monoisotopic (exact) mass is 484 g/mol. The molecule has 0 saturated carbocycles. The van der Waals surface area contributed by atoms with Crippen LogP contribution in [0.2, 0.25) is 0 Å². The summed E-state index contributed by atoms with van der Waals surface area (Å²) in [5.41, 5.74) is 1.93. The molecule has 2 amide bonds. The van der Waals surface area contributed by atoms with Crippen LogP contribution in [-0.4, -0.2) is 39.0 Å². The highest BCUT2D eigenvalue weighted by atomic mass is 79.9. The highest BCUT2D eigenvalue weighted by molar-refractivity contribution is 9.10. The maximum atomic E-state index is 12.9. The smallest absolute Gasteiger partial charge is 0.247 e. The standard InChI is InChI=1S/C20H13BrN4O4S/c21-12-2-4-13(5-3-12)25-18(26)8-17(19(25)27)30-20-23-14(9-22-24-20)11-1-6-15-16(7-11)29-10-28-15/h1-7,9,17H,8,10H2. The number of hydrogen-bond acceptors (Lipinski definition) is 8. The number of thioether (sulfide) groups is 1. The Morgan fingerprint density at radius 3 is 2.70 bits per heavy atom. The minimum atomic E-state index is -0.602. The first-order valence-electron chi connectivity index (χ1n) is 8.97. The van der Waals surface area contributed by atoms with Crippen LogP contribution in [0.5, 0.6) is 11.5 Å². The van der Waals surface area contributed by atoms with E-state index in [2.05, 4.69) is 31.1 Å². The summed E-state index contributed by atoms with van der Waals surface area (Å²) in [5, 5.41) is 7.76. The number of aromatic nitrogens is 3. The number of amides is 2. The molecule has 0 aliphatic carbocycles. The molecule has 0 bridgehead atoms. The predicted octanol–water partition coefficient (Wildman–Crippen LogP) is 3.45. The summed E-state index contributed by atoms with van der Waals surface area (Å²) in [6.07, 6.45) is 1.62. The molecule has 10 heteroatoms. The normalized spacial score (nSPS) is 17.6. The summed E-state index contributed by atoms with van der Waals surface area (Å²) in [5.74, 6) is 0.782. The Morgan fingerprint density at radius 1 is 1.07 bits per heavy atom. The van der Waals surface area contributed by atoms with Crippen LogP contribution in [0.3, 0.4) is 0 Å². The SMILES string of the molecule is O=C1CC(Sc2nncc(-c3ccc4c(c3)OCO4)n2)C(=O)N1c1ccc(Br)cc1. The number of anilines is 1. The second kappa shape index (κ2) is 7.69. The van der Waals surface area contributed by atoms with Crippen molar-refractivity contribution in [3.8, 4) is 22.8 Å². The lowest BCUT2D eigenvalue weighted by Crippen LogP contribution is -2.31. The lowest BCUT2D eigenvalue weighted by molar-refractivity contribution is -0.121. The lowest BCUT2D eigenvalue weighted by atomic mass is 10.1. The van der Waals surface area contributed by atoms with Crippen molar-refractivity contribution >= 4 is 45.2 Å². The Kier molecular flexibility index (Phi) is 4.87. The second-order valence-electron chi connectivity index (χ2n) is 6.55. The van der Waals surface area contributed by atoms with Crippen molar-refractivity contribution in [1.29, 1.82) is 0 Å². The number of halogens is 1. The van der Waals surface area contributed by atoms with E-state index < -0.39 is 5.25 Å². The van der Waals surface area contributed by atoms with Gasteiger partial charge in [0.1, 0.15) is 5.25 Å². The van der Waals surface area contributed by atoms with E-state index in [9.17, 15) is 9.59 Å². The molecule has 0 N–H and O–H groups in total. The Labute approximate surface area is 183 Å². The molecule has 1 unspecified atom stereocenters. The Balaban J connectivity index is 1.36. The third-order valence-corrected chi connectivity index (χ3v) is 6.21. The number of imide groups is 1. The molecule has 8 nitrogen and oxygen atoms in total. The average molecular weight is 485 g/mol. The molecule has 30 heavy (non-hydrogen) atoms. The molecule has 5 rings (SSSR count). The van der Waals surface area contributed by atoms with E-state index in [0.717, 1.165) is 21.8 Å². The van der Waals surface area contributed by atoms with Gasteiger partial charge in [0.05, 0.1) is 17.6 Å². The number of fused-ring (bicyclic) bond motifs is 1. The molecule has 2 aliphatic rings. The zero-order chi connectivity index (χ0) is 20.7. The highest BCUT2D eigenvalue weighted by Gasteiger charge is 2.40. The van der Waals surface area contributed by atoms with Crippen LogP contribution in [0.1, 0.15) is 6.42 Å². The van der Waals surface area contributed by atoms with Crippen molar-refractivity contribution in [3.63, 3.8) is 0 Å². The molecule has 1 aromatic heterocycles. The van der Waals surface area contributed by atoms with Crippen LogP contribution >= 0.6 is 27.7 Å². The van der Waals surface area contributed by atoms with E-state index in [0.29, 0.717) is 28.0 Å². The van der Waals surface area contributed by atoms with Crippen molar-refractivity contribution in [2.45, 2.75) is 16.8 Å². The lowest BCUT2D eigenvalue weighted by Gasteiger charge is -2.14. The zero-order valence-corrected chi connectivity index (χ0v) is 17.7. The first-order valence-corrected chi connectivity index (χ1v) is 10.6. The van der Waals surface area contributed by atoms with E-state index in [1.807, 2.05) is 18.2 Å². The number of ether oxygens (including phenoxy) is 2. The van der Waals surface area contributed by atoms with Gasteiger partial charge in [-0.1, -0.05) is 27.7 Å². The van der Waals surface area contributed by atoms with Crippen LogP contribution in [0.4, 0.5) is 5.69 Å². The Hall–Kier alpha value is -2.98. The van der Waals surface area contributed by atoms with Gasteiger partial charge in [0.15, 0.2) is 11.5 Å². The first kappa shape index (κ1) is 19.0. The minimum Gasteiger partial charge on any atom is -0.454 e. The number of benzene rings is 2. The van der Waals surface area contributed by atoms with Crippen molar-refractivity contribution < 1.29 is 19.1 Å². The average Bonchev–Trinajstić information content (AvgIpc) is 3.33. The summed E-state index contributed by atoms with van der Waals surface area (Å²) in [6, 6.07) is 12.5. The largest absolute Gasteiger partial charge is 0.454 e. The van der Waals surface area contributed by atoms with Crippen molar-refractivity contribution in [3.05, 3.63) is 53.1 Å². The van der Waals surface area contributed by atoms with Crippen LogP contribution in [0.15, 0.2) is 58.3 Å². The van der Waals surface area contributed by atoms with Gasteiger partial charge >= 0.3 is 0 Å². The Morgan fingerprint density at radius 2 is 1.87 bits per heavy atom. The van der Waals surface area contributed by atoms with Crippen molar-refractivity contribution in [2.24, 2.45) is 0 Å². The fraction of sp³-hybridized carbons (Fsp3) is 0.150. The van der Waals surface area contributed by atoms with E-state index in [1.165, 1.54) is 11.1 Å². The van der Waals surface area contributed by atoms with Gasteiger partial charge in [0.25, 0.3) is 0 Å². The van der Waals surface area contributed by atoms with Crippen molar-refractivity contribution in [2.75, 3.05) is 11.7 Å². The van der Waals surface area contributed by atoms with Gasteiger partial charge < -0.3 is 9.47 Å². The van der Waals surface area contributed by atoms with Crippen molar-refractivity contribution in [1.82, 2.24) is 15.2 Å². The van der Waals surface area contributed by atoms with E-state index in [1.54, 1.807) is 24.3 Å². The molecule has 150 valence electrons. The summed E-state index contributed by atoms with van der Waals surface area (Å²) in [7, 11) is 0. The molecule has 2 aromatic carbocycles. The zero-order valence-electron chi connectivity index (χ0n) is 15.3. The summed E-state index contributed by atoms with van der Waals surface area (Å²) >= 11 is 4.49. The number of carbonyl (C=O) groups excluding carboxylic acids is 2. The van der Waals surface area contributed by atoms with Gasteiger partial charge in [0.2, 0.25) is 23.8 Å². The highest BCUT2D eigenvalue weighted by Crippen LogP contribution is 2.36. The minimum absolute atomic E-state index is 0.0805. The van der Waals surface area contributed by atoms with E-state index >= 15 is 0 Å². The van der Waals surface area contributed by atoms with Crippen LogP contribution in [-0.2, 0) is 9.59 Å². The summed E-state index contributed by atoms with van der Waals surface area (Å²) < 4.78 is 11.6. The molecule has 3 aromatic rings. The van der Waals surface area contributed by atoms with Gasteiger partial charge in [-0.25, -0.2) is 9.88 Å². The molecule has 1 atom stereocenters. The number of carbonyl (C=O) groups is 2. The van der Waals surface area contributed by atoms with Gasteiger partial charge in [0, 0.05) is 16.5 Å². The Bertz CT molecular complexity index is 1160. The van der Waals surface area contributed by atoms with Gasteiger partial charge in [-0.15, -0.1) is 5.10 Å². The van der Waals surface area contributed by atoms with Crippen LogP contribution in [0.25, 0.3) is 11.3 Å². The summed E-state index contributed by atoms with van der Waals surface area (Å²) in [4.78, 5) is 31.0. The number of nitrogens with zero attached hydrogens (tertiary/aromatic N) is 4.